The summed E-state index contributed by atoms with van der Waals surface area (Å²) in [5.74, 6) is -4.42. The molecule has 0 bridgehead atoms. The Morgan fingerprint density at radius 1 is 0.937 bits per heavy atom. The van der Waals surface area contributed by atoms with Gasteiger partial charge in [0.25, 0.3) is 11.8 Å². The molecule has 3 heterocycles. The summed E-state index contributed by atoms with van der Waals surface area (Å²) in [6.45, 7) is 7.71. The van der Waals surface area contributed by atoms with E-state index in [1.54, 1.807) is 38.3 Å². The number of hydrogen-bond donors (Lipinski definition) is 3. The van der Waals surface area contributed by atoms with Gasteiger partial charge < -0.3 is 40.2 Å². The van der Waals surface area contributed by atoms with Gasteiger partial charge in [-0.2, -0.15) is 5.10 Å². The normalized spacial score (nSPS) is 12.8. The van der Waals surface area contributed by atoms with E-state index in [4.69, 9.17) is 22.1 Å². The van der Waals surface area contributed by atoms with E-state index in [1.165, 1.54) is 54.3 Å². The highest BCUT2D eigenvalue weighted by Crippen LogP contribution is 2.33. The van der Waals surface area contributed by atoms with Gasteiger partial charge in [0.05, 0.1) is 48.4 Å². The fourth-order valence-corrected chi connectivity index (χ4v) is 7.69. The molecular formula is C43H55ClF2N10O7. The lowest BCUT2D eigenvalue weighted by molar-refractivity contribution is -0.138. The first-order valence-corrected chi connectivity index (χ1v) is 21.2. The van der Waals surface area contributed by atoms with E-state index in [2.05, 4.69) is 15.4 Å². The Morgan fingerprint density at radius 2 is 1.63 bits per heavy atom. The fraction of sp³-hybridized carbons (Fsp3) is 0.465. The third kappa shape index (κ3) is 12.0. The number of amides is 4. The molecular weight excluding hydrogens is 842 g/mol. The molecule has 63 heavy (non-hydrogen) atoms. The number of ether oxygens (including phenoxy) is 1. The second-order valence-electron chi connectivity index (χ2n) is 15.1. The molecule has 20 heteroatoms. The lowest BCUT2D eigenvalue weighted by Gasteiger charge is -2.35. The van der Waals surface area contributed by atoms with E-state index in [9.17, 15) is 29.1 Å². The number of halogens is 3. The monoisotopic (exact) mass is 896 g/mol. The Morgan fingerprint density at radius 3 is 2.30 bits per heavy atom. The average Bonchev–Trinajstić information content (AvgIpc) is 3.83. The van der Waals surface area contributed by atoms with Crippen molar-refractivity contribution in [2.24, 2.45) is 12.8 Å². The number of nitrogens with zero attached hydrogens (tertiary/aromatic N) is 8. The first-order valence-electron chi connectivity index (χ1n) is 20.8. The number of nitrogens with one attached hydrogen (secondary N) is 1. The summed E-state index contributed by atoms with van der Waals surface area (Å²) >= 11 is 6.55. The van der Waals surface area contributed by atoms with Crippen molar-refractivity contribution in [3.8, 4) is 22.4 Å². The Balaban J connectivity index is 1.11. The van der Waals surface area contributed by atoms with Crippen LogP contribution in [-0.2, 0) is 32.7 Å². The molecule has 340 valence electrons. The SMILES string of the molecule is CCN(CCN(CCCN)CC(=O)O)C(=O)CCCC(=O)N1CCN(C(=O)c2ccc(NC(=O)c3ncc(-c4ccc(-c5cnn(CCOC)c5C)c(F)c4F)n3C)cc2Cl)CC1. The number of aliphatic carboxylic acids is 1. The number of imidazole rings is 1. The quantitative estimate of drug-likeness (QED) is 0.109. The summed E-state index contributed by atoms with van der Waals surface area (Å²) in [5.41, 5.74) is 7.26. The molecule has 1 aliphatic rings. The number of likely N-dealkylation sites (N-methyl/N-ethyl adjacent to an activating group) is 1. The number of carbonyl (C=O) groups is 5. The van der Waals surface area contributed by atoms with Crippen LogP contribution in [0.3, 0.4) is 0 Å². The van der Waals surface area contributed by atoms with Crippen molar-refractivity contribution in [3.63, 3.8) is 0 Å². The molecule has 2 aromatic carbocycles. The lowest BCUT2D eigenvalue weighted by atomic mass is 10.0. The van der Waals surface area contributed by atoms with E-state index in [1.807, 2.05) is 6.92 Å². The van der Waals surface area contributed by atoms with Crippen molar-refractivity contribution in [2.75, 3.05) is 84.5 Å². The predicted molar refractivity (Wildman–Crippen MR) is 232 cm³/mol. The minimum atomic E-state index is -1.11. The van der Waals surface area contributed by atoms with Gasteiger partial charge in [-0.1, -0.05) is 17.7 Å². The van der Waals surface area contributed by atoms with Gasteiger partial charge in [-0.3, -0.25) is 33.6 Å². The summed E-state index contributed by atoms with van der Waals surface area (Å²) in [6.07, 6.45) is 4.11. The number of nitrogens with two attached hydrogens (primary N) is 1. The number of aromatic nitrogens is 4. The van der Waals surface area contributed by atoms with Crippen LogP contribution < -0.4 is 11.1 Å². The second kappa shape index (κ2) is 22.5. The van der Waals surface area contributed by atoms with Crippen LogP contribution in [-0.4, -0.2) is 153 Å². The Hall–Kier alpha value is -5.76. The number of anilines is 1. The van der Waals surface area contributed by atoms with Gasteiger partial charge in [-0.25, -0.2) is 13.8 Å². The highest BCUT2D eigenvalue weighted by Gasteiger charge is 2.27. The molecule has 4 N–H and O–H groups in total. The summed E-state index contributed by atoms with van der Waals surface area (Å²) in [6, 6.07) is 7.32. The molecule has 0 radical (unpaired) electrons. The molecule has 0 atom stereocenters. The van der Waals surface area contributed by atoms with Gasteiger partial charge in [-0.05, 0) is 57.5 Å². The van der Waals surface area contributed by atoms with Gasteiger partial charge in [0.1, 0.15) is 0 Å². The Labute approximate surface area is 369 Å². The van der Waals surface area contributed by atoms with Gasteiger partial charge in [-0.15, -0.1) is 0 Å². The zero-order valence-electron chi connectivity index (χ0n) is 36.0. The molecule has 17 nitrogen and oxygen atoms in total. The third-order valence-electron chi connectivity index (χ3n) is 11.1. The first-order chi connectivity index (χ1) is 30.2. The second-order valence-corrected chi connectivity index (χ2v) is 15.5. The minimum Gasteiger partial charge on any atom is -0.480 e. The van der Waals surface area contributed by atoms with Gasteiger partial charge in [0.15, 0.2) is 17.5 Å². The number of benzene rings is 2. The topological polar surface area (TPSA) is 201 Å². The van der Waals surface area contributed by atoms with Crippen LogP contribution in [0.1, 0.15) is 59.3 Å². The highest BCUT2D eigenvalue weighted by molar-refractivity contribution is 6.34. The molecule has 5 rings (SSSR count). The summed E-state index contributed by atoms with van der Waals surface area (Å²) < 4.78 is 39.2. The first kappa shape index (κ1) is 48.3. The minimum absolute atomic E-state index is 0.0441. The molecule has 4 aromatic rings. The Bertz CT molecular complexity index is 2280. The van der Waals surface area contributed by atoms with Crippen LogP contribution in [0, 0.1) is 18.6 Å². The molecule has 0 unspecified atom stereocenters. The summed E-state index contributed by atoms with van der Waals surface area (Å²) in [5, 5.41) is 16.2. The number of methoxy groups -OCH3 is 1. The maximum absolute atomic E-state index is 15.6. The molecule has 0 saturated carbocycles. The zero-order chi connectivity index (χ0) is 45.8. The van der Waals surface area contributed by atoms with Crippen LogP contribution in [0.25, 0.3) is 22.4 Å². The van der Waals surface area contributed by atoms with Crippen LogP contribution in [0.4, 0.5) is 14.5 Å². The molecule has 1 saturated heterocycles. The van der Waals surface area contributed by atoms with Gasteiger partial charge >= 0.3 is 5.97 Å². The van der Waals surface area contributed by atoms with Crippen molar-refractivity contribution >= 4 is 46.9 Å². The summed E-state index contributed by atoms with van der Waals surface area (Å²) in [4.78, 5) is 74.8. The van der Waals surface area contributed by atoms with Crippen molar-refractivity contribution in [1.82, 2.24) is 38.9 Å². The van der Waals surface area contributed by atoms with E-state index in [0.29, 0.717) is 83.1 Å². The lowest BCUT2D eigenvalue weighted by Crippen LogP contribution is -2.50. The van der Waals surface area contributed by atoms with E-state index < -0.39 is 23.5 Å². The van der Waals surface area contributed by atoms with Gasteiger partial charge in [0.2, 0.25) is 11.8 Å². The highest BCUT2D eigenvalue weighted by atomic mass is 35.5. The molecule has 2 aromatic heterocycles. The zero-order valence-corrected chi connectivity index (χ0v) is 36.8. The smallest absolute Gasteiger partial charge is 0.317 e. The van der Waals surface area contributed by atoms with Crippen LogP contribution >= 0.6 is 11.6 Å². The molecule has 0 aliphatic carbocycles. The van der Waals surface area contributed by atoms with Crippen LogP contribution in [0.2, 0.25) is 5.02 Å². The molecule has 0 spiro atoms. The van der Waals surface area contributed by atoms with Gasteiger partial charge in [0, 0.05) is 107 Å². The number of carboxylic acid groups (broad SMARTS) is 1. The van der Waals surface area contributed by atoms with E-state index in [-0.39, 0.29) is 89.1 Å². The van der Waals surface area contributed by atoms with Crippen molar-refractivity contribution < 1.29 is 42.6 Å². The van der Waals surface area contributed by atoms with E-state index in [0.717, 1.165) is 0 Å². The number of hydrogen-bond acceptors (Lipinski definition) is 10. The predicted octanol–water partition coefficient (Wildman–Crippen LogP) is 4.13. The van der Waals surface area contributed by atoms with Crippen LogP contribution in [0.15, 0.2) is 42.7 Å². The summed E-state index contributed by atoms with van der Waals surface area (Å²) in [7, 11) is 3.07. The number of carboxylic acids is 1. The van der Waals surface area contributed by atoms with Crippen molar-refractivity contribution in [3.05, 3.63) is 76.5 Å². The Kier molecular flexibility index (Phi) is 17.3. The number of carbonyl (C=O) groups excluding carboxylic acids is 4. The maximum atomic E-state index is 15.6. The average molecular weight is 897 g/mol. The molecule has 1 fully saturated rings. The number of rotatable bonds is 21. The van der Waals surface area contributed by atoms with E-state index >= 15 is 8.78 Å². The third-order valence-corrected chi connectivity index (χ3v) is 11.4. The molecule has 4 amide bonds. The number of piperazine rings is 1. The van der Waals surface area contributed by atoms with Crippen molar-refractivity contribution in [1.29, 1.82) is 0 Å². The van der Waals surface area contributed by atoms with Crippen LogP contribution in [0.5, 0.6) is 0 Å². The standard InChI is InChI=1S/C43H55ClF2N10O7/c1-5-53(17-16-52(15-7-14-47)27-38(59)60)36(57)8-6-9-37(58)54-18-20-55(21-19-54)43(62)31-11-10-29(24-34(31)44)50-42(61)41-48-26-35(51(41)3)32-13-12-30(39(45)40(32)46)33-25-49-56(28(33)2)22-23-63-4/h10-13,24-26H,5-9,14-23,27,47H2,1-4H3,(H,50,61)(H,59,60). The van der Waals surface area contributed by atoms with Crippen molar-refractivity contribution in [2.45, 2.75) is 46.1 Å². The molecule has 1 aliphatic heterocycles. The largest absolute Gasteiger partial charge is 0.480 e. The fourth-order valence-electron chi connectivity index (χ4n) is 7.43. The maximum Gasteiger partial charge on any atom is 0.317 e.